The molecule has 0 bridgehead atoms. The first-order valence-corrected chi connectivity index (χ1v) is 10.9. The van der Waals surface area contributed by atoms with Gasteiger partial charge in [0.15, 0.2) is 6.04 Å². The van der Waals surface area contributed by atoms with Crippen LogP contribution >= 0.6 is 35.6 Å². The number of aliphatic imine (C=N–C) groups is 1. The fraction of sp³-hybridized carbons (Fsp3) is 0.0870. The Kier molecular flexibility index (Phi) is 6.47. The quantitative estimate of drug-likeness (QED) is 0.386. The molecule has 7 heteroatoms. The van der Waals surface area contributed by atoms with Crippen molar-refractivity contribution in [3.05, 3.63) is 101 Å². The van der Waals surface area contributed by atoms with Crippen molar-refractivity contribution in [2.75, 3.05) is 5.32 Å². The maximum Gasteiger partial charge on any atom is 0.339 e. The molecule has 0 unspecified atom stereocenters. The lowest BCUT2D eigenvalue weighted by molar-refractivity contribution is -0.134. The van der Waals surface area contributed by atoms with Crippen LogP contribution < -0.4 is 5.32 Å². The van der Waals surface area contributed by atoms with Gasteiger partial charge >= 0.3 is 5.97 Å². The van der Waals surface area contributed by atoms with Gasteiger partial charge in [-0.1, -0.05) is 84.1 Å². The van der Waals surface area contributed by atoms with Gasteiger partial charge in [-0.2, -0.15) is 0 Å². The summed E-state index contributed by atoms with van der Waals surface area (Å²) in [6, 6.07) is 25.7. The van der Waals surface area contributed by atoms with Gasteiger partial charge in [-0.3, -0.25) is 0 Å². The van der Waals surface area contributed by atoms with Crippen molar-refractivity contribution in [1.29, 1.82) is 0 Å². The SMILES string of the molecule is O=C1OC(c2ccccc2)=N[C@H]1[C@H](SC(=S)Nc1ccccc1)c1ccc(Cl)cc1. The Morgan fingerprint density at radius 3 is 2.30 bits per heavy atom. The molecule has 4 rings (SSSR count). The highest BCUT2D eigenvalue weighted by molar-refractivity contribution is 8.23. The van der Waals surface area contributed by atoms with E-state index in [9.17, 15) is 4.79 Å². The van der Waals surface area contributed by atoms with Crippen LogP contribution in [-0.2, 0) is 9.53 Å². The molecular weight excluding hydrogens is 436 g/mol. The maximum absolute atomic E-state index is 12.7. The van der Waals surface area contributed by atoms with Gasteiger partial charge in [0.25, 0.3) is 0 Å². The Balaban J connectivity index is 1.62. The molecule has 0 spiro atoms. The number of anilines is 1. The van der Waals surface area contributed by atoms with E-state index in [-0.39, 0.29) is 5.25 Å². The summed E-state index contributed by atoms with van der Waals surface area (Å²) in [6.45, 7) is 0. The zero-order valence-corrected chi connectivity index (χ0v) is 18.1. The maximum atomic E-state index is 12.7. The van der Waals surface area contributed by atoms with Crippen molar-refractivity contribution < 1.29 is 9.53 Å². The van der Waals surface area contributed by atoms with Crippen molar-refractivity contribution in [3.63, 3.8) is 0 Å². The highest BCUT2D eigenvalue weighted by atomic mass is 35.5. The Hall–Kier alpha value is -2.67. The third kappa shape index (κ3) is 4.90. The van der Waals surface area contributed by atoms with Crippen molar-refractivity contribution in [3.8, 4) is 0 Å². The molecule has 30 heavy (non-hydrogen) atoms. The van der Waals surface area contributed by atoms with Crippen LogP contribution in [0.2, 0.25) is 5.02 Å². The number of hydrogen-bond acceptors (Lipinski definition) is 5. The second-order valence-corrected chi connectivity index (χ2v) is 8.79. The molecule has 1 N–H and O–H groups in total. The van der Waals surface area contributed by atoms with Crippen LogP contribution in [0, 0.1) is 0 Å². The smallest absolute Gasteiger partial charge is 0.339 e. The van der Waals surface area contributed by atoms with Gasteiger partial charge in [0.05, 0.1) is 5.25 Å². The number of nitrogens with zero attached hydrogens (tertiary/aromatic N) is 1. The number of hydrogen-bond donors (Lipinski definition) is 1. The van der Waals surface area contributed by atoms with E-state index >= 15 is 0 Å². The first-order valence-electron chi connectivity index (χ1n) is 9.23. The molecule has 1 aliphatic rings. The molecule has 4 nitrogen and oxygen atoms in total. The predicted octanol–water partition coefficient (Wildman–Crippen LogP) is 5.88. The number of esters is 1. The van der Waals surface area contributed by atoms with E-state index < -0.39 is 12.0 Å². The average Bonchev–Trinajstić information content (AvgIpc) is 3.15. The fourth-order valence-corrected chi connectivity index (χ4v) is 4.57. The van der Waals surface area contributed by atoms with Crippen LogP contribution in [0.3, 0.4) is 0 Å². The lowest BCUT2D eigenvalue weighted by Crippen LogP contribution is -2.24. The molecule has 0 aliphatic carbocycles. The summed E-state index contributed by atoms with van der Waals surface area (Å²) >= 11 is 13.0. The molecule has 0 fully saturated rings. The summed E-state index contributed by atoms with van der Waals surface area (Å²) < 4.78 is 6.03. The molecule has 3 aromatic carbocycles. The largest absolute Gasteiger partial charge is 0.406 e. The third-order valence-electron chi connectivity index (χ3n) is 4.46. The van der Waals surface area contributed by atoms with Crippen LogP contribution in [0.25, 0.3) is 0 Å². The fourth-order valence-electron chi connectivity index (χ4n) is 3.02. The van der Waals surface area contributed by atoms with E-state index in [1.165, 1.54) is 11.8 Å². The minimum Gasteiger partial charge on any atom is -0.406 e. The van der Waals surface area contributed by atoms with Gasteiger partial charge in [0.2, 0.25) is 5.90 Å². The minimum atomic E-state index is -0.720. The summed E-state index contributed by atoms with van der Waals surface area (Å²) in [5, 5.41) is 3.46. The molecule has 1 heterocycles. The number of ether oxygens (including phenoxy) is 1. The van der Waals surface area contributed by atoms with Crippen LogP contribution in [0.1, 0.15) is 16.4 Å². The van der Waals surface area contributed by atoms with Gasteiger partial charge < -0.3 is 10.1 Å². The minimum absolute atomic E-state index is 0.326. The summed E-state index contributed by atoms with van der Waals surface area (Å²) in [6.07, 6.45) is 0. The number of carbonyl (C=O) groups is 1. The second kappa shape index (κ2) is 9.43. The number of nitrogens with one attached hydrogen (secondary N) is 1. The monoisotopic (exact) mass is 452 g/mol. The molecule has 150 valence electrons. The Morgan fingerprint density at radius 1 is 1.00 bits per heavy atom. The Labute approximate surface area is 189 Å². The number of benzene rings is 3. The molecule has 1 aliphatic heterocycles. The summed E-state index contributed by atoms with van der Waals surface area (Å²) in [5.74, 6) is -0.0732. The van der Waals surface area contributed by atoms with Crippen molar-refractivity contribution in [2.45, 2.75) is 11.3 Å². The standard InChI is InChI=1S/C23H17ClN2O2S2/c24-17-13-11-15(12-14-17)20(30-23(29)25-18-9-5-2-6-10-18)19-22(27)28-21(26-19)16-7-3-1-4-8-16/h1-14,19-20H,(H,25,29)/t19-,20+/m0/s1. The normalized spacial score (nSPS) is 16.5. The van der Waals surface area contributed by atoms with Gasteiger partial charge in [-0.05, 0) is 42.0 Å². The number of thiocarbonyl (C=S) groups is 1. The van der Waals surface area contributed by atoms with Gasteiger partial charge in [0.1, 0.15) is 4.32 Å². The molecule has 0 saturated heterocycles. The van der Waals surface area contributed by atoms with E-state index in [2.05, 4.69) is 10.3 Å². The number of rotatable bonds is 5. The van der Waals surface area contributed by atoms with Crippen molar-refractivity contribution in [1.82, 2.24) is 0 Å². The highest BCUT2D eigenvalue weighted by Gasteiger charge is 2.38. The molecule has 0 radical (unpaired) electrons. The molecule has 0 amide bonds. The van der Waals surface area contributed by atoms with Gasteiger partial charge in [0, 0.05) is 16.3 Å². The van der Waals surface area contributed by atoms with Crippen LogP contribution in [0.4, 0.5) is 5.69 Å². The summed E-state index contributed by atoms with van der Waals surface area (Å²) in [4.78, 5) is 17.3. The van der Waals surface area contributed by atoms with Gasteiger partial charge in [-0.15, -0.1) is 0 Å². The number of halogens is 1. The lowest BCUT2D eigenvalue weighted by atomic mass is 10.1. The summed E-state index contributed by atoms with van der Waals surface area (Å²) in [5.41, 5.74) is 2.53. The van der Waals surface area contributed by atoms with Crippen LogP contribution in [0.5, 0.6) is 0 Å². The lowest BCUT2D eigenvalue weighted by Gasteiger charge is -2.20. The van der Waals surface area contributed by atoms with Gasteiger partial charge in [-0.25, -0.2) is 9.79 Å². The average molecular weight is 453 g/mol. The van der Waals surface area contributed by atoms with Crippen molar-refractivity contribution in [2.24, 2.45) is 4.99 Å². The highest BCUT2D eigenvalue weighted by Crippen LogP contribution is 2.38. The predicted molar refractivity (Wildman–Crippen MR) is 127 cm³/mol. The van der Waals surface area contributed by atoms with Crippen LogP contribution in [0.15, 0.2) is 89.9 Å². The number of thioether (sulfide) groups is 1. The first-order chi connectivity index (χ1) is 14.6. The first kappa shape index (κ1) is 20.6. The number of cyclic esters (lactones) is 1. The molecular formula is C23H17ClN2O2S2. The van der Waals surface area contributed by atoms with E-state index in [1.54, 1.807) is 12.1 Å². The molecule has 3 aromatic rings. The number of carbonyl (C=O) groups excluding carboxylic acids is 1. The molecule has 0 aromatic heterocycles. The molecule has 0 saturated carbocycles. The topological polar surface area (TPSA) is 50.7 Å². The third-order valence-corrected chi connectivity index (χ3v) is 6.20. The van der Waals surface area contributed by atoms with E-state index in [0.29, 0.717) is 15.2 Å². The Bertz CT molecular complexity index is 1070. The Morgan fingerprint density at radius 2 is 1.63 bits per heavy atom. The zero-order valence-electron chi connectivity index (χ0n) is 15.7. The van der Waals surface area contributed by atoms with Crippen LogP contribution in [-0.4, -0.2) is 22.2 Å². The second-order valence-electron chi connectivity index (χ2n) is 6.53. The summed E-state index contributed by atoms with van der Waals surface area (Å²) in [7, 11) is 0. The molecule has 2 atom stereocenters. The number of para-hydroxylation sites is 1. The zero-order chi connectivity index (χ0) is 20.9. The van der Waals surface area contributed by atoms with Crippen molar-refractivity contribution >= 4 is 57.5 Å². The van der Waals surface area contributed by atoms with E-state index in [4.69, 9.17) is 28.6 Å². The van der Waals surface area contributed by atoms with E-state index in [0.717, 1.165) is 16.8 Å². The van der Waals surface area contributed by atoms with E-state index in [1.807, 2.05) is 72.8 Å².